The molecular weight excluding hydrogens is 1560 g/mol. The molecule has 0 rings (SSSR count). The van der Waals surface area contributed by atoms with Gasteiger partial charge in [-0.15, -0.1) is 23.0 Å². The first-order chi connectivity index (χ1) is 47.2. The van der Waals surface area contributed by atoms with E-state index in [4.69, 9.17) is 69.5 Å². The Bertz CT molecular complexity index is 1410. The molecule has 0 aromatic rings. The Kier molecular flexibility index (Phi) is 137. The van der Waals surface area contributed by atoms with Crippen molar-refractivity contribution in [2.75, 3.05) is 49.4 Å². The van der Waals surface area contributed by atoms with Gasteiger partial charge in [-0.3, -0.25) is 19.2 Å². The van der Waals surface area contributed by atoms with Crippen LogP contribution in [0.2, 0.25) is 0 Å². The predicted octanol–water partition coefficient (Wildman–Crippen LogP) is 26.6. The summed E-state index contributed by atoms with van der Waals surface area (Å²) in [5.74, 6) is 1.43. The maximum absolute atomic E-state index is 11.2. The van der Waals surface area contributed by atoms with E-state index in [0.29, 0.717) is 75.1 Å². The van der Waals surface area contributed by atoms with Crippen molar-refractivity contribution in [2.24, 2.45) is 0 Å². The molecule has 0 N–H and O–H groups in total. The average molecular weight is 1730 g/mol. The molecular formula is C86H166O8S5Sn2. The molecule has 0 heterocycles. The van der Waals surface area contributed by atoms with E-state index in [1.807, 2.05) is 0 Å². The van der Waals surface area contributed by atoms with Crippen molar-refractivity contribution in [2.45, 2.75) is 428 Å². The van der Waals surface area contributed by atoms with E-state index in [0.717, 1.165) is 51.4 Å². The first-order valence-electron chi connectivity index (χ1n) is 40.8. The molecule has 0 amide bonds. The SMILES string of the molecule is C.C.CCCCCCCCCCCCCC/C=C/CCC(=O)OCC[S-].CCCCCCCCCCCCCC/C=C/CCC(=O)OCC[S-].CCCCCCCCCCCCCC/C=C/CCC(=O)OCC[S-].CCCCCCCCCCCCCC/C=C/CCC(=O)OCC[S-].S.[Sn+2].[Sn+2]. The smallest absolute Gasteiger partial charge is 0.789 e. The fourth-order valence-corrected chi connectivity index (χ4v) is 11.4. The van der Waals surface area contributed by atoms with E-state index in [1.165, 1.54) is 308 Å². The van der Waals surface area contributed by atoms with Crippen LogP contribution in [-0.2, 0) is 88.6 Å². The summed E-state index contributed by atoms with van der Waals surface area (Å²) in [6, 6.07) is 0. The van der Waals surface area contributed by atoms with Gasteiger partial charge in [0.05, 0.1) is 26.4 Å². The Morgan fingerprint density at radius 3 is 0.465 bits per heavy atom. The predicted molar refractivity (Wildman–Crippen MR) is 464 cm³/mol. The maximum atomic E-state index is 11.2. The van der Waals surface area contributed by atoms with Crippen LogP contribution in [-0.4, -0.2) is 121 Å². The Labute approximate surface area is 693 Å². The summed E-state index contributed by atoms with van der Waals surface area (Å²) in [5, 5.41) is 0. The summed E-state index contributed by atoms with van der Waals surface area (Å²) in [7, 11) is 0. The van der Waals surface area contributed by atoms with Crippen molar-refractivity contribution >= 4 is 136 Å². The molecule has 15 heteroatoms. The molecule has 0 fully saturated rings. The number of hydrogen-bond acceptors (Lipinski definition) is 12. The standard InChI is InChI=1S/4C21H40O2S.2CH4.H2S.2Sn/c4*1-2-3-4-5-6-7-8-9-10-11-12-13-14-15-16-17-18-21(22)23-19-20-24;;;;;/h4*15-16,24H,2-14,17-20H2,1H3;2*1H4;1H2;;/q;;;;;;;2*+2/p-4/b4*16-15+;;;;;. The van der Waals surface area contributed by atoms with Gasteiger partial charge < -0.3 is 69.5 Å². The molecule has 0 spiro atoms. The zero-order chi connectivity index (χ0) is 70.9. The van der Waals surface area contributed by atoms with Crippen LogP contribution in [0.4, 0.5) is 0 Å². The van der Waals surface area contributed by atoms with Crippen molar-refractivity contribution in [3.8, 4) is 0 Å². The molecule has 0 bridgehead atoms. The number of rotatable bonds is 72. The molecule has 4 radical (unpaired) electrons. The summed E-state index contributed by atoms with van der Waals surface area (Å²) in [4.78, 5) is 45.0. The van der Waals surface area contributed by atoms with Crippen LogP contribution in [0.25, 0.3) is 0 Å². The van der Waals surface area contributed by atoms with Gasteiger partial charge in [0.25, 0.3) is 0 Å². The minimum Gasteiger partial charge on any atom is -0.789 e. The van der Waals surface area contributed by atoms with Crippen molar-refractivity contribution in [3.63, 3.8) is 0 Å². The number of hydrogen-bond donors (Lipinski definition) is 0. The summed E-state index contributed by atoms with van der Waals surface area (Å²) >= 11 is 18.9. The van der Waals surface area contributed by atoms with Crippen molar-refractivity contribution < 1.29 is 38.1 Å². The Morgan fingerprint density at radius 1 is 0.218 bits per heavy atom. The quantitative estimate of drug-likeness (QED) is 0.0145. The van der Waals surface area contributed by atoms with E-state index >= 15 is 0 Å². The third-order valence-corrected chi connectivity index (χ3v) is 17.7. The minimum absolute atomic E-state index is 0. The normalized spacial score (nSPS) is 10.7. The van der Waals surface area contributed by atoms with Crippen LogP contribution in [0.5, 0.6) is 0 Å². The summed E-state index contributed by atoms with van der Waals surface area (Å²) in [5.41, 5.74) is 0. The molecule has 0 atom stereocenters. The third-order valence-electron chi connectivity index (χ3n) is 17.0. The average Bonchev–Trinajstić information content (AvgIpc) is 3.82. The zero-order valence-electron chi connectivity index (χ0n) is 65.1. The molecule has 8 nitrogen and oxygen atoms in total. The largest absolute Gasteiger partial charge is 2.00 e. The van der Waals surface area contributed by atoms with Crippen LogP contribution < -0.4 is 0 Å². The summed E-state index contributed by atoms with van der Waals surface area (Å²) < 4.78 is 19.8. The summed E-state index contributed by atoms with van der Waals surface area (Å²) in [6.45, 7) is 10.6. The number of carbonyl (C=O) groups excluding carboxylic acids is 4. The molecule has 0 aromatic carbocycles. The number of allylic oxidation sites excluding steroid dienone is 8. The molecule has 0 aliphatic heterocycles. The van der Waals surface area contributed by atoms with E-state index in [-0.39, 0.29) is 100 Å². The number of ether oxygens (including phenoxy) is 4. The minimum atomic E-state index is -0.130. The third kappa shape index (κ3) is 124. The van der Waals surface area contributed by atoms with E-state index in [1.54, 1.807) is 0 Å². The second-order valence-electron chi connectivity index (χ2n) is 26.4. The van der Waals surface area contributed by atoms with Gasteiger partial charge in [-0.25, -0.2) is 0 Å². The van der Waals surface area contributed by atoms with Crippen LogP contribution in [0.15, 0.2) is 48.6 Å². The fraction of sp³-hybridized carbons (Fsp3) is 0.860. The van der Waals surface area contributed by atoms with Crippen LogP contribution in [0.1, 0.15) is 428 Å². The molecule has 0 aliphatic rings. The van der Waals surface area contributed by atoms with Gasteiger partial charge in [0.1, 0.15) is 0 Å². The second kappa shape index (κ2) is 116. The fourth-order valence-electron chi connectivity index (χ4n) is 11.1. The molecule has 0 saturated heterocycles. The van der Waals surface area contributed by atoms with E-state index < -0.39 is 0 Å². The Hall–Kier alpha value is 0.187. The number of carbonyl (C=O) groups is 4. The Balaban J connectivity index is -0.000000157. The van der Waals surface area contributed by atoms with Crippen molar-refractivity contribution in [3.05, 3.63) is 48.6 Å². The van der Waals surface area contributed by atoms with Crippen LogP contribution in [0, 0.1) is 0 Å². The molecule has 596 valence electrons. The van der Waals surface area contributed by atoms with Gasteiger partial charge in [-0.2, -0.15) is 13.5 Å². The zero-order valence-corrected chi connectivity index (χ0v) is 75.1. The molecule has 0 saturated carbocycles. The van der Waals surface area contributed by atoms with Gasteiger partial charge in [0.15, 0.2) is 0 Å². The Morgan fingerprint density at radius 2 is 0.337 bits per heavy atom. The van der Waals surface area contributed by atoms with Gasteiger partial charge in [0, 0.05) is 25.7 Å². The molecule has 0 aliphatic carbocycles. The van der Waals surface area contributed by atoms with Crippen LogP contribution >= 0.6 is 13.5 Å². The number of unbranched alkanes of at least 4 members (excludes halogenated alkanes) is 48. The van der Waals surface area contributed by atoms with Crippen molar-refractivity contribution in [1.82, 2.24) is 0 Å². The molecule has 0 unspecified atom stereocenters. The maximum Gasteiger partial charge on any atom is 2.00 e. The van der Waals surface area contributed by atoms with Gasteiger partial charge in [-0.05, 0) is 77.0 Å². The number of esters is 4. The first-order valence-corrected chi connectivity index (χ1v) is 43.1. The monoisotopic (exact) mass is 1730 g/mol. The second-order valence-corrected chi connectivity index (χ2v) is 28.1. The van der Waals surface area contributed by atoms with Crippen LogP contribution in [0.3, 0.4) is 0 Å². The molecule has 0 aromatic heterocycles. The molecule has 101 heavy (non-hydrogen) atoms. The topological polar surface area (TPSA) is 105 Å². The first kappa shape index (κ1) is 120. The van der Waals surface area contributed by atoms with E-state index in [2.05, 4.69) is 76.3 Å². The van der Waals surface area contributed by atoms with Gasteiger partial charge in [-0.1, -0.05) is 374 Å². The van der Waals surface area contributed by atoms with E-state index in [9.17, 15) is 19.2 Å². The van der Waals surface area contributed by atoms with Gasteiger partial charge in [0.2, 0.25) is 0 Å². The summed E-state index contributed by atoms with van der Waals surface area (Å²) in [6.07, 6.45) is 93.6. The van der Waals surface area contributed by atoms with Gasteiger partial charge >= 0.3 is 71.7 Å². The van der Waals surface area contributed by atoms with Crippen molar-refractivity contribution in [1.29, 1.82) is 0 Å².